The van der Waals surface area contributed by atoms with Crippen molar-refractivity contribution in [1.29, 1.82) is 0 Å². The molecule has 0 heterocycles. The summed E-state index contributed by atoms with van der Waals surface area (Å²) in [6, 6.07) is 20.1. The molecule has 0 aromatic heterocycles. The van der Waals surface area contributed by atoms with Gasteiger partial charge in [-0.25, -0.2) is 0 Å². The Morgan fingerprint density at radius 1 is 0.696 bits per heavy atom. The molecule has 2 rings (SSSR count). The number of nitrogens with zero attached hydrogens (tertiary/aromatic N) is 1. The molecule has 0 fully saturated rings. The number of anilines is 1. The van der Waals surface area contributed by atoms with Gasteiger partial charge in [0.15, 0.2) is 0 Å². The maximum Gasteiger partial charge on any atom is 0.0361 e. The Bertz CT molecular complexity index is 614. The lowest BCUT2D eigenvalue weighted by Crippen LogP contribution is -2.44. The number of hydrogen-bond acceptors (Lipinski definition) is 1. The van der Waals surface area contributed by atoms with Gasteiger partial charge in [0.1, 0.15) is 0 Å². The largest absolute Gasteiger partial charge is 0.378 e. The molecular weight excluding hydrogens is 278 g/mol. The Labute approximate surface area is 142 Å². The van der Waals surface area contributed by atoms with Gasteiger partial charge in [-0.1, -0.05) is 70.2 Å². The minimum atomic E-state index is 0.105. The molecule has 1 nitrogen and oxygen atoms in total. The number of hydrogen-bond donors (Lipinski definition) is 0. The zero-order valence-electron chi connectivity index (χ0n) is 15.6. The van der Waals surface area contributed by atoms with Crippen molar-refractivity contribution in [2.75, 3.05) is 19.0 Å². The molecule has 0 saturated carbocycles. The SMILES string of the molecule is CC[C@@](C)(c1ccccc1)[C@](C)(CC)c1ccc(N(C)C)cc1. The molecule has 0 bridgehead atoms. The van der Waals surface area contributed by atoms with Crippen LogP contribution in [0.4, 0.5) is 5.69 Å². The van der Waals surface area contributed by atoms with Crippen molar-refractivity contribution >= 4 is 5.69 Å². The van der Waals surface area contributed by atoms with Gasteiger partial charge in [0.2, 0.25) is 0 Å². The molecule has 0 N–H and O–H groups in total. The van der Waals surface area contributed by atoms with Crippen molar-refractivity contribution in [3.63, 3.8) is 0 Å². The second kappa shape index (κ2) is 6.78. The molecule has 2 aromatic carbocycles. The van der Waals surface area contributed by atoms with Gasteiger partial charge < -0.3 is 4.90 Å². The molecule has 23 heavy (non-hydrogen) atoms. The third-order valence-corrected chi connectivity index (χ3v) is 6.06. The Hall–Kier alpha value is -1.76. The summed E-state index contributed by atoms with van der Waals surface area (Å²) in [5, 5.41) is 0. The first-order chi connectivity index (χ1) is 10.9. The monoisotopic (exact) mass is 309 g/mol. The van der Waals surface area contributed by atoms with Crippen LogP contribution >= 0.6 is 0 Å². The van der Waals surface area contributed by atoms with Crippen LogP contribution in [-0.4, -0.2) is 14.1 Å². The molecule has 0 saturated heterocycles. The van der Waals surface area contributed by atoms with E-state index >= 15 is 0 Å². The van der Waals surface area contributed by atoms with Crippen LogP contribution in [0, 0.1) is 0 Å². The number of benzene rings is 2. The van der Waals surface area contributed by atoms with Crippen LogP contribution < -0.4 is 4.90 Å². The lowest BCUT2D eigenvalue weighted by atomic mass is 9.56. The van der Waals surface area contributed by atoms with Crippen LogP contribution in [0.2, 0.25) is 0 Å². The molecule has 0 unspecified atom stereocenters. The average Bonchev–Trinajstić information content (AvgIpc) is 2.61. The van der Waals surface area contributed by atoms with Gasteiger partial charge in [-0.3, -0.25) is 0 Å². The van der Waals surface area contributed by atoms with Gasteiger partial charge in [-0.05, 0) is 36.1 Å². The van der Waals surface area contributed by atoms with E-state index in [2.05, 4.69) is 101 Å². The minimum absolute atomic E-state index is 0.105. The van der Waals surface area contributed by atoms with Gasteiger partial charge in [-0.15, -0.1) is 0 Å². The van der Waals surface area contributed by atoms with Crippen molar-refractivity contribution in [2.24, 2.45) is 0 Å². The zero-order chi connectivity index (χ0) is 17.1. The minimum Gasteiger partial charge on any atom is -0.378 e. The summed E-state index contributed by atoms with van der Waals surface area (Å²) in [6.07, 6.45) is 2.24. The predicted molar refractivity (Wildman–Crippen MR) is 102 cm³/mol. The highest BCUT2D eigenvalue weighted by Crippen LogP contribution is 2.48. The van der Waals surface area contributed by atoms with E-state index < -0.39 is 0 Å². The molecule has 0 aliphatic heterocycles. The first-order valence-corrected chi connectivity index (χ1v) is 8.72. The maximum atomic E-state index is 2.42. The van der Waals surface area contributed by atoms with E-state index in [1.165, 1.54) is 16.8 Å². The highest BCUT2D eigenvalue weighted by molar-refractivity contribution is 5.48. The molecule has 2 aromatic rings. The Morgan fingerprint density at radius 2 is 1.13 bits per heavy atom. The molecule has 2 atom stereocenters. The maximum absolute atomic E-state index is 2.42. The Morgan fingerprint density at radius 3 is 1.52 bits per heavy atom. The highest BCUT2D eigenvalue weighted by Gasteiger charge is 2.44. The molecule has 0 aliphatic rings. The van der Waals surface area contributed by atoms with E-state index in [1.807, 2.05) is 0 Å². The van der Waals surface area contributed by atoms with Crippen LogP contribution in [0.3, 0.4) is 0 Å². The van der Waals surface area contributed by atoms with Crippen LogP contribution in [-0.2, 0) is 10.8 Å². The fourth-order valence-electron chi connectivity index (χ4n) is 3.76. The molecule has 0 radical (unpaired) electrons. The molecular formula is C22H31N. The molecule has 0 amide bonds. The van der Waals surface area contributed by atoms with Crippen LogP contribution in [0.5, 0.6) is 0 Å². The van der Waals surface area contributed by atoms with Gasteiger partial charge in [0.05, 0.1) is 0 Å². The molecule has 0 aliphatic carbocycles. The first-order valence-electron chi connectivity index (χ1n) is 8.72. The summed E-state index contributed by atoms with van der Waals surface area (Å²) in [4.78, 5) is 2.16. The summed E-state index contributed by atoms with van der Waals surface area (Å²) >= 11 is 0. The van der Waals surface area contributed by atoms with E-state index in [0.29, 0.717) is 0 Å². The smallest absolute Gasteiger partial charge is 0.0361 e. The Kier molecular flexibility index (Phi) is 5.19. The van der Waals surface area contributed by atoms with Crippen molar-refractivity contribution in [1.82, 2.24) is 0 Å². The van der Waals surface area contributed by atoms with E-state index in [4.69, 9.17) is 0 Å². The third-order valence-electron chi connectivity index (χ3n) is 6.06. The van der Waals surface area contributed by atoms with Gasteiger partial charge in [-0.2, -0.15) is 0 Å². The van der Waals surface area contributed by atoms with Crippen molar-refractivity contribution in [3.8, 4) is 0 Å². The van der Waals surface area contributed by atoms with Crippen LogP contribution in [0.25, 0.3) is 0 Å². The summed E-state index contributed by atoms with van der Waals surface area (Å²) in [6.45, 7) is 9.48. The second-order valence-electron chi connectivity index (χ2n) is 7.18. The number of rotatable bonds is 6. The third kappa shape index (κ3) is 3.02. The molecule has 1 heteroatoms. The summed E-state index contributed by atoms with van der Waals surface area (Å²) in [5.41, 5.74) is 4.34. The van der Waals surface area contributed by atoms with E-state index in [1.54, 1.807) is 0 Å². The fraction of sp³-hybridized carbons (Fsp3) is 0.455. The lowest BCUT2D eigenvalue weighted by molar-refractivity contribution is 0.235. The highest BCUT2D eigenvalue weighted by atomic mass is 15.1. The summed E-state index contributed by atoms with van der Waals surface area (Å²) in [5.74, 6) is 0. The van der Waals surface area contributed by atoms with Gasteiger partial charge in [0, 0.05) is 30.6 Å². The van der Waals surface area contributed by atoms with E-state index in [9.17, 15) is 0 Å². The normalized spacial score (nSPS) is 16.4. The van der Waals surface area contributed by atoms with E-state index in [-0.39, 0.29) is 10.8 Å². The average molecular weight is 309 g/mol. The second-order valence-corrected chi connectivity index (χ2v) is 7.18. The zero-order valence-corrected chi connectivity index (χ0v) is 15.6. The van der Waals surface area contributed by atoms with Crippen molar-refractivity contribution in [3.05, 3.63) is 65.7 Å². The van der Waals surface area contributed by atoms with E-state index in [0.717, 1.165) is 12.8 Å². The van der Waals surface area contributed by atoms with Crippen molar-refractivity contribution in [2.45, 2.75) is 51.4 Å². The standard InChI is InChI=1S/C22H31N/c1-7-21(3,18-12-10-9-11-13-18)22(4,8-2)19-14-16-20(17-15-19)23(5)6/h9-17H,7-8H2,1-6H3/t21-,22+/m0/s1. The topological polar surface area (TPSA) is 3.24 Å². The first kappa shape index (κ1) is 17.6. The van der Waals surface area contributed by atoms with Crippen LogP contribution in [0.1, 0.15) is 51.7 Å². The molecule has 0 spiro atoms. The van der Waals surface area contributed by atoms with Crippen molar-refractivity contribution < 1.29 is 0 Å². The quantitative estimate of drug-likeness (QED) is 0.653. The van der Waals surface area contributed by atoms with Gasteiger partial charge in [0.25, 0.3) is 0 Å². The molecule has 124 valence electrons. The summed E-state index contributed by atoms with van der Waals surface area (Å²) in [7, 11) is 4.18. The Balaban J connectivity index is 2.53. The fourth-order valence-corrected chi connectivity index (χ4v) is 3.76. The lowest BCUT2D eigenvalue weighted by Gasteiger charge is -2.47. The summed E-state index contributed by atoms with van der Waals surface area (Å²) < 4.78 is 0. The van der Waals surface area contributed by atoms with Crippen LogP contribution in [0.15, 0.2) is 54.6 Å². The predicted octanol–water partition coefficient (Wildman–Crippen LogP) is 5.79. The van der Waals surface area contributed by atoms with Gasteiger partial charge >= 0.3 is 0 Å².